The molecule has 20 heavy (non-hydrogen) atoms. The fourth-order valence-electron chi connectivity index (χ4n) is 2.09. The molecule has 0 bridgehead atoms. The van der Waals surface area contributed by atoms with Crippen LogP contribution < -0.4 is 5.56 Å². The third-order valence-corrected chi connectivity index (χ3v) is 3.52. The van der Waals surface area contributed by atoms with Gasteiger partial charge >= 0.3 is 0 Å². The van der Waals surface area contributed by atoms with Gasteiger partial charge in [-0.15, -0.1) is 0 Å². The molecule has 4 nitrogen and oxygen atoms in total. The average Bonchev–Trinajstić information content (AvgIpc) is 2.34. The van der Waals surface area contributed by atoms with E-state index < -0.39 is 5.60 Å². The molecule has 4 heteroatoms. The summed E-state index contributed by atoms with van der Waals surface area (Å²) >= 11 is 0. The van der Waals surface area contributed by atoms with Gasteiger partial charge in [-0.1, -0.05) is 12.1 Å². The van der Waals surface area contributed by atoms with Crippen molar-refractivity contribution in [3.8, 4) is 11.3 Å². The normalized spacial score (nSPS) is 11.7. The highest BCUT2D eigenvalue weighted by Gasteiger charge is 2.22. The standard InChI is InChI=1S/C16H20N2O2/c1-10-6-7-12(8-11(10)2)14-9-13(16(3,4)20)15(19)18(5)17-14/h6-9,20H,1-5H3. The van der Waals surface area contributed by atoms with Crippen LogP contribution in [0.2, 0.25) is 0 Å². The molecule has 1 aromatic heterocycles. The van der Waals surface area contributed by atoms with Crippen LogP contribution in [0.4, 0.5) is 0 Å². The molecule has 1 N–H and O–H groups in total. The van der Waals surface area contributed by atoms with E-state index >= 15 is 0 Å². The van der Waals surface area contributed by atoms with Crippen molar-refractivity contribution in [3.63, 3.8) is 0 Å². The second-order valence-electron chi connectivity index (χ2n) is 5.73. The largest absolute Gasteiger partial charge is 0.386 e. The average molecular weight is 272 g/mol. The molecule has 0 atom stereocenters. The molecular weight excluding hydrogens is 252 g/mol. The second-order valence-corrected chi connectivity index (χ2v) is 5.73. The third-order valence-electron chi connectivity index (χ3n) is 3.52. The summed E-state index contributed by atoms with van der Waals surface area (Å²) in [7, 11) is 1.60. The minimum Gasteiger partial charge on any atom is -0.386 e. The lowest BCUT2D eigenvalue weighted by Gasteiger charge is -2.18. The van der Waals surface area contributed by atoms with Gasteiger partial charge in [0.15, 0.2) is 0 Å². The Hall–Kier alpha value is -1.94. The maximum absolute atomic E-state index is 12.1. The van der Waals surface area contributed by atoms with Crippen molar-refractivity contribution in [2.75, 3.05) is 0 Å². The molecule has 1 aromatic carbocycles. The highest BCUT2D eigenvalue weighted by molar-refractivity contribution is 5.61. The Bertz CT molecular complexity index is 709. The van der Waals surface area contributed by atoms with Gasteiger partial charge in [0.2, 0.25) is 0 Å². The van der Waals surface area contributed by atoms with Crippen LogP contribution in [0.3, 0.4) is 0 Å². The summed E-state index contributed by atoms with van der Waals surface area (Å²) in [6.07, 6.45) is 0. The van der Waals surface area contributed by atoms with E-state index in [-0.39, 0.29) is 5.56 Å². The summed E-state index contributed by atoms with van der Waals surface area (Å²) < 4.78 is 1.28. The maximum Gasteiger partial charge on any atom is 0.272 e. The lowest BCUT2D eigenvalue weighted by molar-refractivity contribution is 0.0763. The van der Waals surface area contributed by atoms with Gasteiger partial charge in [-0.25, -0.2) is 4.68 Å². The zero-order chi connectivity index (χ0) is 15.1. The SMILES string of the molecule is Cc1ccc(-c2cc(C(C)(C)O)c(=O)n(C)n2)cc1C. The van der Waals surface area contributed by atoms with Gasteiger partial charge < -0.3 is 5.11 Å². The first-order valence-electron chi connectivity index (χ1n) is 6.59. The molecule has 0 aliphatic heterocycles. The van der Waals surface area contributed by atoms with E-state index in [9.17, 15) is 9.90 Å². The van der Waals surface area contributed by atoms with Crippen molar-refractivity contribution < 1.29 is 5.11 Å². The number of hydrogen-bond acceptors (Lipinski definition) is 3. The minimum atomic E-state index is -1.19. The lowest BCUT2D eigenvalue weighted by atomic mass is 9.97. The summed E-state index contributed by atoms with van der Waals surface area (Å²) in [5.41, 5.74) is 2.89. The summed E-state index contributed by atoms with van der Waals surface area (Å²) in [5.74, 6) is 0. The van der Waals surface area contributed by atoms with E-state index in [0.29, 0.717) is 11.3 Å². The second kappa shape index (κ2) is 4.87. The minimum absolute atomic E-state index is 0.273. The van der Waals surface area contributed by atoms with Crippen molar-refractivity contribution in [2.24, 2.45) is 7.05 Å². The van der Waals surface area contributed by atoms with E-state index in [1.165, 1.54) is 15.8 Å². The van der Waals surface area contributed by atoms with Gasteiger partial charge in [-0.3, -0.25) is 4.79 Å². The summed E-state index contributed by atoms with van der Waals surface area (Å²) in [4.78, 5) is 12.1. The zero-order valence-corrected chi connectivity index (χ0v) is 12.6. The third kappa shape index (κ3) is 2.65. The zero-order valence-electron chi connectivity index (χ0n) is 12.6. The van der Waals surface area contributed by atoms with Crippen LogP contribution >= 0.6 is 0 Å². The Labute approximate surface area is 118 Å². The fraction of sp³-hybridized carbons (Fsp3) is 0.375. The summed E-state index contributed by atoms with van der Waals surface area (Å²) in [6, 6.07) is 7.72. The topological polar surface area (TPSA) is 55.1 Å². The Morgan fingerprint density at radius 1 is 1.15 bits per heavy atom. The van der Waals surface area contributed by atoms with Crippen molar-refractivity contribution in [3.05, 3.63) is 51.3 Å². The number of aromatic nitrogens is 2. The van der Waals surface area contributed by atoms with Gasteiger partial charge in [0.25, 0.3) is 5.56 Å². The van der Waals surface area contributed by atoms with Crippen LogP contribution in [0.15, 0.2) is 29.1 Å². The van der Waals surface area contributed by atoms with E-state index in [4.69, 9.17) is 0 Å². The monoisotopic (exact) mass is 272 g/mol. The number of nitrogens with zero attached hydrogens (tertiary/aromatic N) is 2. The van der Waals surface area contributed by atoms with Crippen LogP contribution in [-0.4, -0.2) is 14.9 Å². The van der Waals surface area contributed by atoms with E-state index in [1.807, 2.05) is 25.1 Å². The molecule has 106 valence electrons. The number of rotatable bonds is 2. The van der Waals surface area contributed by atoms with Crippen molar-refractivity contribution in [2.45, 2.75) is 33.3 Å². The van der Waals surface area contributed by atoms with Crippen molar-refractivity contribution >= 4 is 0 Å². The van der Waals surface area contributed by atoms with E-state index in [2.05, 4.69) is 12.0 Å². The predicted octanol–water partition coefficient (Wildman–Crippen LogP) is 2.29. The Morgan fingerprint density at radius 3 is 2.35 bits per heavy atom. The molecule has 0 fully saturated rings. The van der Waals surface area contributed by atoms with Crippen molar-refractivity contribution in [1.29, 1.82) is 0 Å². The van der Waals surface area contributed by atoms with E-state index in [0.717, 1.165) is 5.56 Å². The first-order chi connectivity index (χ1) is 9.20. The Morgan fingerprint density at radius 2 is 1.80 bits per heavy atom. The quantitative estimate of drug-likeness (QED) is 0.912. The molecule has 0 radical (unpaired) electrons. The van der Waals surface area contributed by atoms with Crippen LogP contribution in [-0.2, 0) is 12.6 Å². The van der Waals surface area contributed by atoms with Crippen LogP contribution in [0.1, 0.15) is 30.5 Å². The smallest absolute Gasteiger partial charge is 0.272 e. The molecule has 0 unspecified atom stereocenters. The number of hydrogen-bond donors (Lipinski definition) is 1. The fourth-order valence-corrected chi connectivity index (χ4v) is 2.09. The summed E-state index contributed by atoms with van der Waals surface area (Å²) in [6.45, 7) is 7.30. The van der Waals surface area contributed by atoms with Crippen LogP contribution in [0.25, 0.3) is 11.3 Å². The van der Waals surface area contributed by atoms with Gasteiger partial charge in [0, 0.05) is 12.6 Å². The van der Waals surface area contributed by atoms with Gasteiger partial charge in [-0.2, -0.15) is 5.10 Å². The van der Waals surface area contributed by atoms with Crippen LogP contribution in [0.5, 0.6) is 0 Å². The van der Waals surface area contributed by atoms with E-state index in [1.54, 1.807) is 27.0 Å². The molecule has 2 aromatic rings. The molecule has 0 aliphatic rings. The first kappa shape index (κ1) is 14.5. The van der Waals surface area contributed by atoms with Crippen molar-refractivity contribution in [1.82, 2.24) is 9.78 Å². The maximum atomic E-state index is 12.1. The number of benzene rings is 1. The van der Waals surface area contributed by atoms with Gasteiger partial charge in [0.1, 0.15) is 0 Å². The molecule has 2 rings (SSSR count). The number of aliphatic hydroxyl groups is 1. The Kier molecular flexibility index (Phi) is 3.52. The highest BCUT2D eigenvalue weighted by Crippen LogP contribution is 2.23. The summed E-state index contributed by atoms with van der Waals surface area (Å²) in [5, 5.41) is 14.4. The molecule has 0 amide bonds. The molecule has 0 saturated heterocycles. The highest BCUT2D eigenvalue weighted by atomic mass is 16.3. The molecule has 0 saturated carbocycles. The van der Waals surface area contributed by atoms with Gasteiger partial charge in [0.05, 0.1) is 16.9 Å². The Balaban J connectivity index is 2.67. The molecule has 0 spiro atoms. The molecule has 1 heterocycles. The number of aryl methyl sites for hydroxylation is 3. The molecule has 0 aliphatic carbocycles. The molecular formula is C16H20N2O2. The lowest BCUT2D eigenvalue weighted by Crippen LogP contribution is -2.32. The van der Waals surface area contributed by atoms with Crippen LogP contribution in [0, 0.1) is 13.8 Å². The van der Waals surface area contributed by atoms with Gasteiger partial charge in [-0.05, 0) is 51.0 Å². The first-order valence-corrected chi connectivity index (χ1v) is 6.59. The predicted molar refractivity (Wildman–Crippen MR) is 79.6 cm³/mol.